The third kappa shape index (κ3) is 3.08. The van der Waals surface area contributed by atoms with Crippen molar-refractivity contribution in [1.82, 2.24) is 10.3 Å². The van der Waals surface area contributed by atoms with Gasteiger partial charge in [0.25, 0.3) is 0 Å². The van der Waals surface area contributed by atoms with Gasteiger partial charge in [0, 0.05) is 27.6 Å². The molecule has 0 bridgehead atoms. The number of carbonyl (C=O) groups excluding carboxylic acids is 2. The van der Waals surface area contributed by atoms with Gasteiger partial charge in [0.15, 0.2) is 5.78 Å². The lowest BCUT2D eigenvalue weighted by atomic mass is 9.72. The van der Waals surface area contributed by atoms with E-state index in [0.717, 1.165) is 28.4 Å². The molecule has 1 aliphatic rings. The number of thioether (sulfide) groups is 1. The molecule has 0 unspecified atom stereocenters. The number of rotatable bonds is 4. The van der Waals surface area contributed by atoms with E-state index in [9.17, 15) is 20.1 Å². The minimum absolute atomic E-state index is 0.0841. The topological polar surface area (TPSA) is 110 Å². The van der Waals surface area contributed by atoms with Crippen LogP contribution >= 0.6 is 11.8 Å². The number of nitrogens with one attached hydrogen (secondary N) is 2. The second-order valence-corrected chi connectivity index (χ2v) is 8.73. The Morgan fingerprint density at radius 1 is 1.29 bits per heavy atom. The van der Waals surface area contributed by atoms with Gasteiger partial charge in [-0.05, 0) is 19.9 Å². The average molecular weight is 392 g/mol. The van der Waals surface area contributed by atoms with Gasteiger partial charge in [-0.15, -0.1) is 0 Å². The first-order valence-corrected chi connectivity index (χ1v) is 9.73. The van der Waals surface area contributed by atoms with E-state index in [4.69, 9.17) is 0 Å². The number of para-hydroxylation sites is 1. The van der Waals surface area contributed by atoms with Crippen LogP contribution in [-0.2, 0) is 4.79 Å². The van der Waals surface area contributed by atoms with E-state index < -0.39 is 22.5 Å². The van der Waals surface area contributed by atoms with Gasteiger partial charge in [-0.3, -0.25) is 9.59 Å². The van der Waals surface area contributed by atoms with Crippen LogP contribution in [-0.4, -0.2) is 21.9 Å². The largest absolute Gasteiger partial charge is 0.358 e. The van der Waals surface area contributed by atoms with Crippen LogP contribution in [0.3, 0.4) is 0 Å². The Labute approximate surface area is 167 Å². The van der Waals surface area contributed by atoms with Crippen LogP contribution in [0.2, 0.25) is 0 Å². The number of benzene rings is 1. The normalized spacial score (nSPS) is 19.6. The van der Waals surface area contributed by atoms with Crippen LogP contribution in [0.15, 0.2) is 34.9 Å². The second-order valence-electron chi connectivity index (χ2n) is 7.38. The molecule has 1 aromatic carbocycles. The zero-order chi connectivity index (χ0) is 20.6. The molecule has 0 fully saturated rings. The number of allylic oxidation sites excluding steroid dienone is 1. The number of nitriles is 2. The smallest absolute Gasteiger partial charge is 0.243 e. The van der Waals surface area contributed by atoms with Crippen molar-refractivity contribution >= 4 is 34.4 Å². The molecule has 3 rings (SSSR count). The number of carbonyl (C=O) groups is 2. The van der Waals surface area contributed by atoms with Crippen LogP contribution in [0.5, 0.6) is 0 Å². The number of fused-ring (bicyclic) bond motifs is 1. The van der Waals surface area contributed by atoms with E-state index in [1.54, 1.807) is 20.8 Å². The van der Waals surface area contributed by atoms with Crippen LogP contribution in [0.25, 0.3) is 10.9 Å². The highest BCUT2D eigenvalue weighted by Crippen LogP contribution is 2.43. The number of H-pyrrole nitrogens is 1. The molecule has 1 amide bonds. The first kappa shape index (κ1) is 19.7. The molecule has 0 saturated carbocycles. The van der Waals surface area contributed by atoms with Gasteiger partial charge in [0.2, 0.25) is 5.91 Å². The Bertz CT molecular complexity index is 1100. The number of aromatic nitrogens is 1. The van der Waals surface area contributed by atoms with Gasteiger partial charge in [-0.25, -0.2) is 0 Å². The summed E-state index contributed by atoms with van der Waals surface area (Å²) in [5.74, 6) is -1.48. The third-order valence-corrected chi connectivity index (χ3v) is 6.25. The molecule has 0 aliphatic carbocycles. The van der Waals surface area contributed by atoms with Gasteiger partial charge in [0.1, 0.15) is 5.92 Å². The van der Waals surface area contributed by atoms with Gasteiger partial charge in [-0.2, -0.15) is 10.5 Å². The monoisotopic (exact) mass is 392 g/mol. The van der Waals surface area contributed by atoms with Crippen molar-refractivity contribution in [1.29, 1.82) is 10.5 Å². The fraction of sp³-hybridized carbons (Fsp3) is 0.333. The summed E-state index contributed by atoms with van der Waals surface area (Å²) in [6, 6.07) is 11.7. The molecular weight excluding hydrogens is 372 g/mol. The first-order chi connectivity index (χ1) is 13.2. The molecular formula is C21H20N4O2S. The summed E-state index contributed by atoms with van der Waals surface area (Å²) in [5.41, 5.74) is 1.69. The van der Waals surface area contributed by atoms with Crippen LogP contribution < -0.4 is 5.32 Å². The minimum atomic E-state index is -0.951. The summed E-state index contributed by atoms with van der Waals surface area (Å²) >= 11 is 1.15. The van der Waals surface area contributed by atoms with E-state index in [2.05, 4.69) is 16.4 Å². The predicted octanol–water partition coefficient (Wildman–Crippen LogP) is 3.81. The molecule has 142 valence electrons. The van der Waals surface area contributed by atoms with Crippen LogP contribution in [0.4, 0.5) is 0 Å². The maximum absolute atomic E-state index is 13.2. The van der Waals surface area contributed by atoms with Crippen molar-refractivity contribution in [2.24, 2.45) is 11.3 Å². The Morgan fingerprint density at radius 3 is 2.61 bits per heavy atom. The van der Waals surface area contributed by atoms with Gasteiger partial charge >= 0.3 is 0 Å². The summed E-state index contributed by atoms with van der Waals surface area (Å²) in [7, 11) is 0. The second kappa shape index (κ2) is 7.18. The average Bonchev–Trinajstić information content (AvgIpc) is 2.96. The molecule has 6 nitrogen and oxygen atoms in total. The van der Waals surface area contributed by atoms with E-state index in [1.165, 1.54) is 0 Å². The molecule has 2 heterocycles. The molecule has 2 N–H and O–H groups in total. The van der Waals surface area contributed by atoms with Gasteiger partial charge in [-0.1, -0.05) is 43.8 Å². The molecule has 1 aromatic heterocycles. The van der Waals surface area contributed by atoms with E-state index in [0.29, 0.717) is 16.2 Å². The lowest BCUT2D eigenvalue weighted by Crippen LogP contribution is -2.45. The number of Topliss-reactive ketones (excluding diaryl/α,β-unsaturated/α-hetero) is 1. The highest BCUT2D eigenvalue weighted by Gasteiger charge is 2.45. The zero-order valence-corrected chi connectivity index (χ0v) is 16.9. The van der Waals surface area contributed by atoms with Crippen LogP contribution in [0, 0.1) is 40.9 Å². The zero-order valence-electron chi connectivity index (χ0n) is 16.1. The quantitative estimate of drug-likeness (QED) is 0.769. The SMILES string of the molecule is Cc1[nH]c2ccccc2c1C(=O)[C@@H](C)SC1=C(C#N)C(C)(C)[C@H](C#N)C(=O)N1. The fourth-order valence-corrected chi connectivity index (χ4v) is 4.71. The van der Waals surface area contributed by atoms with E-state index >= 15 is 0 Å². The lowest BCUT2D eigenvalue weighted by Gasteiger charge is -2.35. The number of hydrogen-bond acceptors (Lipinski definition) is 5. The molecule has 7 heteroatoms. The number of aromatic amines is 1. The highest BCUT2D eigenvalue weighted by atomic mass is 32.2. The summed E-state index contributed by atoms with van der Waals surface area (Å²) in [6.45, 7) is 7.02. The summed E-state index contributed by atoms with van der Waals surface area (Å²) < 4.78 is 0. The Morgan fingerprint density at radius 2 is 1.96 bits per heavy atom. The molecule has 1 aliphatic heterocycles. The Balaban J connectivity index is 1.97. The highest BCUT2D eigenvalue weighted by molar-refractivity contribution is 8.04. The fourth-order valence-electron chi connectivity index (χ4n) is 3.54. The number of ketones is 1. The van der Waals surface area contributed by atoms with Gasteiger partial charge in [0.05, 0.1) is 28.0 Å². The Hall–Kier alpha value is -3.03. The molecule has 0 spiro atoms. The predicted molar refractivity (Wildman–Crippen MR) is 108 cm³/mol. The summed E-state index contributed by atoms with van der Waals surface area (Å²) in [4.78, 5) is 28.7. The minimum Gasteiger partial charge on any atom is -0.358 e. The number of hydrogen-bond donors (Lipinski definition) is 2. The maximum Gasteiger partial charge on any atom is 0.243 e. The first-order valence-electron chi connectivity index (χ1n) is 8.85. The Kier molecular flexibility index (Phi) is 5.06. The van der Waals surface area contributed by atoms with E-state index in [1.807, 2.05) is 37.3 Å². The number of nitrogens with zero attached hydrogens (tertiary/aromatic N) is 2. The molecule has 2 aromatic rings. The van der Waals surface area contributed by atoms with E-state index in [-0.39, 0.29) is 5.78 Å². The van der Waals surface area contributed by atoms with Crippen molar-refractivity contribution in [2.75, 3.05) is 0 Å². The molecule has 28 heavy (non-hydrogen) atoms. The van der Waals surface area contributed by atoms with Crippen molar-refractivity contribution in [3.05, 3.63) is 46.1 Å². The maximum atomic E-state index is 13.2. The molecule has 0 radical (unpaired) electrons. The summed E-state index contributed by atoms with van der Waals surface area (Å²) in [5, 5.41) is 22.3. The summed E-state index contributed by atoms with van der Waals surface area (Å²) in [6.07, 6.45) is 0. The van der Waals surface area contributed by atoms with Crippen molar-refractivity contribution in [3.63, 3.8) is 0 Å². The molecule has 2 atom stereocenters. The van der Waals surface area contributed by atoms with Crippen molar-refractivity contribution in [2.45, 2.75) is 32.9 Å². The molecule has 0 saturated heterocycles. The van der Waals surface area contributed by atoms with Crippen molar-refractivity contribution in [3.8, 4) is 12.1 Å². The third-order valence-electron chi connectivity index (χ3n) is 5.14. The van der Waals surface area contributed by atoms with Gasteiger partial charge < -0.3 is 10.3 Å². The van der Waals surface area contributed by atoms with Crippen molar-refractivity contribution < 1.29 is 9.59 Å². The lowest BCUT2D eigenvalue weighted by molar-refractivity contribution is -0.125. The standard InChI is InChI=1S/C21H20N4O2S/c1-11-17(13-7-5-6-8-16(13)24-11)18(26)12(2)28-20-15(10-23)21(3,4)14(9-22)19(27)25-20/h5-8,12,14,24H,1-4H3,(H,25,27)/t12-,14-/m1/s1. The number of amides is 1. The van der Waals surface area contributed by atoms with Crippen LogP contribution in [0.1, 0.15) is 36.8 Å². The number of aryl methyl sites for hydroxylation is 1.